The van der Waals surface area contributed by atoms with Crippen LogP contribution in [0, 0.1) is 0 Å². The lowest BCUT2D eigenvalue weighted by molar-refractivity contribution is -0.155. The minimum atomic E-state index is -0.541. The van der Waals surface area contributed by atoms with Crippen LogP contribution in [0.5, 0.6) is 0 Å². The van der Waals surface area contributed by atoms with Crippen molar-refractivity contribution in [1.29, 1.82) is 0 Å². The van der Waals surface area contributed by atoms with Crippen molar-refractivity contribution < 1.29 is 23.9 Å². The molecule has 0 spiro atoms. The summed E-state index contributed by atoms with van der Waals surface area (Å²) in [6, 6.07) is -0.541. The van der Waals surface area contributed by atoms with Crippen molar-refractivity contribution in [3.8, 4) is 0 Å². The fourth-order valence-electron chi connectivity index (χ4n) is 2.83. The number of hydrogen-bond acceptors (Lipinski definition) is 5. The highest BCUT2D eigenvalue weighted by Gasteiger charge is 2.34. The van der Waals surface area contributed by atoms with Crippen LogP contribution in [0.4, 0.5) is 0 Å². The zero-order valence-electron chi connectivity index (χ0n) is 12.2. The van der Waals surface area contributed by atoms with E-state index in [-0.39, 0.29) is 43.5 Å². The molecule has 3 amide bonds. The Morgan fingerprint density at radius 2 is 1.86 bits per heavy atom. The third kappa shape index (κ3) is 3.40. The molecule has 2 aliphatic heterocycles. The van der Waals surface area contributed by atoms with Crippen LogP contribution in [0.25, 0.3) is 0 Å². The first-order valence-electron chi connectivity index (χ1n) is 7.25. The van der Waals surface area contributed by atoms with Crippen LogP contribution < -0.4 is 0 Å². The topological polar surface area (TPSA) is 84.0 Å². The quantitative estimate of drug-likeness (QED) is 0.542. The van der Waals surface area contributed by atoms with E-state index >= 15 is 0 Å². The van der Waals surface area contributed by atoms with Crippen LogP contribution in [0.1, 0.15) is 38.5 Å². The third-order valence-electron chi connectivity index (χ3n) is 4.00. The van der Waals surface area contributed by atoms with Crippen LogP contribution in [0.3, 0.4) is 0 Å². The average Bonchev–Trinajstić information content (AvgIpc) is 2.82. The Bertz CT molecular complexity index is 446. The van der Waals surface area contributed by atoms with Crippen molar-refractivity contribution in [2.24, 2.45) is 0 Å². The van der Waals surface area contributed by atoms with Gasteiger partial charge in [-0.3, -0.25) is 19.3 Å². The lowest BCUT2D eigenvalue weighted by Gasteiger charge is -2.34. The fourth-order valence-corrected chi connectivity index (χ4v) is 2.83. The molecule has 0 N–H and O–H groups in total. The van der Waals surface area contributed by atoms with E-state index in [0.717, 1.165) is 17.7 Å². The number of carbonyl (C=O) groups excluding carboxylic acids is 4. The lowest BCUT2D eigenvalue weighted by atomic mass is 10.0. The Kier molecular flexibility index (Phi) is 4.93. The second kappa shape index (κ2) is 6.69. The summed E-state index contributed by atoms with van der Waals surface area (Å²) in [5, 5.41) is 0. The van der Waals surface area contributed by atoms with Gasteiger partial charge in [0.2, 0.25) is 17.7 Å². The van der Waals surface area contributed by atoms with E-state index in [1.165, 1.54) is 12.0 Å². The lowest BCUT2D eigenvalue weighted by Crippen LogP contribution is -2.49. The Balaban J connectivity index is 1.93. The molecule has 2 heterocycles. The number of likely N-dealkylation sites (tertiary alicyclic amines) is 2. The van der Waals surface area contributed by atoms with Gasteiger partial charge in [-0.25, -0.2) is 4.79 Å². The average molecular weight is 296 g/mol. The monoisotopic (exact) mass is 296 g/mol. The Hall–Kier alpha value is -1.92. The van der Waals surface area contributed by atoms with Gasteiger partial charge in [0.05, 0.1) is 7.11 Å². The van der Waals surface area contributed by atoms with Gasteiger partial charge in [-0.2, -0.15) is 0 Å². The standard InChI is InChI=1S/C14H20N2O5/c1-21-14(20)10-4-2-3-8-15(10)13(19)7-9-16-11(17)5-6-12(16)18/h10H,2-9H2,1H3. The van der Waals surface area contributed by atoms with Gasteiger partial charge in [-0.05, 0) is 19.3 Å². The number of ether oxygens (including phenoxy) is 1. The Labute approximate surface area is 123 Å². The molecule has 2 rings (SSSR count). The molecule has 0 aliphatic carbocycles. The molecule has 0 radical (unpaired) electrons. The van der Waals surface area contributed by atoms with Crippen molar-refractivity contribution in [2.75, 3.05) is 20.2 Å². The summed E-state index contributed by atoms with van der Waals surface area (Å²) in [5.74, 6) is -1.07. The van der Waals surface area contributed by atoms with E-state index < -0.39 is 12.0 Å². The van der Waals surface area contributed by atoms with Gasteiger partial charge in [0.1, 0.15) is 6.04 Å². The van der Waals surface area contributed by atoms with Gasteiger partial charge in [-0.1, -0.05) is 0 Å². The van der Waals surface area contributed by atoms with Crippen molar-refractivity contribution in [3.05, 3.63) is 0 Å². The first-order valence-corrected chi connectivity index (χ1v) is 7.25. The second-order valence-corrected chi connectivity index (χ2v) is 5.31. The molecule has 7 nitrogen and oxygen atoms in total. The smallest absolute Gasteiger partial charge is 0.328 e. The highest BCUT2D eigenvalue weighted by molar-refractivity contribution is 6.02. The van der Waals surface area contributed by atoms with Gasteiger partial charge in [0.15, 0.2) is 0 Å². The zero-order valence-corrected chi connectivity index (χ0v) is 12.2. The Morgan fingerprint density at radius 3 is 2.48 bits per heavy atom. The minimum absolute atomic E-state index is 0.0605. The molecule has 0 aromatic rings. The third-order valence-corrected chi connectivity index (χ3v) is 4.00. The Morgan fingerprint density at radius 1 is 1.19 bits per heavy atom. The van der Waals surface area contributed by atoms with Crippen LogP contribution in [-0.2, 0) is 23.9 Å². The van der Waals surface area contributed by atoms with Gasteiger partial charge in [0.25, 0.3) is 0 Å². The van der Waals surface area contributed by atoms with Gasteiger partial charge in [0, 0.05) is 32.4 Å². The summed E-state index contributed by atoms with van der Waals surface area (Å²) in [6.45, 7) is 0.612. The molecule has 21 heavy (non-hydrogen) atoms. The number of hydrogen-bond donors (Lipinski definition) is 0. The van der Waals surface area contributed by atoms with Crippen molar-refractivity contribution in [2.45, 2.75) is 44.6 Å². The number of nitrogens with zero attached hydrogens (tertiary/aromatic N) is 2. The van der Waals surface area contributed by atoms with E-state index in [4.69, 9.17) is 4.74 Å². The summed E-state index contributed by atoms with van der Waals surface area (Å²) in [7, 11) is 1.31. The number of amides is 3. The highest BCUT2D eigenvalue weighted by Crippen LogP contribution is 2.20. The first-order chi connectivity index (χ1) is 10.0. The predicted octanol–water partition coefficient (Wildman–Crippen LogP) is 0.0796. The molecule has 1 unspecified atom stereocenters. The summed E-state index contributed by atoms with van der Waals surface area (Å²) in [6.07, 6.45) is 2.83. The van der Waals surface area contributed by atoms with Crippen LogP contribution in [0.15, 0.2) is 0 Å². The molecule has 2 fully saturated rings. The van der Waals surface area contributed by atoms with E-state index in [0.29, 0.717) is 13.0 Å². The molecule has 1 atom stereocenters. The molecule has 7 heteroatoms. The number of rotatable bonds is 4. The van der Waals surface area contributed by atoms with Crippen molar-refractivity contribution >= 4 is 23.7 Å². The molecule has 0 bridgehead atoms. The first kappa shape index (κ1) is 15.5. The van der Waals surface area contributed by atoms with E-state index in [9.17, 15) is 19.2 Å². The molecule has 0 saturated carbocycles. The molecule has 2 saturated heterocycles. The van der Waals surface area contributed by atoms with Gasteiger partial charge in [-0.15, -0.1) is 0 Å². The van der Waals surface area contributed by atoms with Gasteiger partial charge >= 0.3 is 5.97 Å². The molecule has 2 aliphatic rings. The maximum absolute atomic E-state index is 12.3. The largest absolute Gasteiger partial charge is 0.467 e. The molecule has 0 aromatic carbocycles. The van der Waals surface area contributed by atoms with E-state index in [1.807, 2.05) is 0 Å². The molecule has 0 aromatic heterocycles. The van der Waals surface area contributed by atoms with Gasteiger partial charge < -0.3 is 9.64 Å². The predicted molar refractivity (Wildman–Crippen MR) is 71.9 cm³/mol. The summed E-state index contributed by atoms with van der Waals surface area (Å²) in [4.78, 5) is 49.6. The SMILES string of the molecule is COC(=O)C1CCCCN1C(=O)CCN1C(=O)CCC1=O. The van der Waals surface area contributed by atoms with E-state index in [1.54, 1.807) is 0 Å². The van der Waals surface area contributed by atoms with Crippen LogP contribution in [-0.4, -0.2) is 59.7 Å². The normalized spacial score (nSPS) is 22.6. The number of carbonyl (C=O) groups is 4. The van der Waals surface area contributed by atoms with Crippen LogP contribution in [0.2, 0.25) is 0 Å². The number of imide groups is 1. The number of esters is 1. The minimum Gasteiger partial charge on any atom is -0.467 e. The summed E-state index contributed by atoms with van der Waals surface area (Å²) < 4.78 is 4.73. The highest BCUT2D eigenvalue weighted by atomic mass is 16.5. The van der Waals surface area contributed by atoms with Crippen molar-refractivity contribution in [3.63, 3.8) is 0 Å². The number of piperidine rings is 1. The van der Waals surface area contributed by atoms with Crippen molar-refractivity contribution in [1.82, 2.24) is 9.80 Å². The number of methoxy groups -OCH3 is 1. The fraction of sp³-hybridized carbons (Fsp3) is 0.714. The van der Waals surface area contributed by atoms with E-state index in [2.05, 4.69) is 0 Å². The zero-order chi connectivity index (χ0) is 15.4. The second-order valence-electron chi connectivity index (χ2n) is 5.31. The maximum Gasteiger partial charge on any atom is 0.328 e. The summed E-state index contributed by atoms with van der Waals surface area (Å²) >= 11 is 0. The molecular weight excluding hydrogens is 276 g/mol. The van der Waals surface area contributed by atoms with Crippen LogP contribution >= 0.6 is 0 Å². The summed E-state index contributed by atoms with van der Waals surface area (Å²) in [5.41, 5.74) is 0. The molecule has 116 valence electrons. The maximum atomic E-state index is 12.3. The molecular formula is C14H20N2O5.